The first-order valence-electron chi connectivity index (χ1n) is 8.74. The molecule has 2 aromatic carbocycles. The maximum atomic E-state index is 12.8. The largest absolute Gasteiger partial charge is 0.482 e. The molecule has 0 aromatic heterocycles. The highest BCUT2D eigenvalue weighted by Gasteiger charge is 2.39. The number of nitrogen functional groups attached to an aromatic ring is 1. The van der Waals surface area contributed by atoms with Crippen molar-refractivity contribution in [2.75, 3.05) is 23.4 Å². The molecule has 1 heterocycles. The summed E-state index contributed by atoms with van der Waals surface area (Å²) in [7, 11) is 5.16. The van der Waals surface area contributed by atoms with E-state index >= 15 is 0 Å². The molecule has 1 aliphatic heterocycles. The molecule has 2 radical (unpaired) electrons. The molecule has 29 heavy (non-hydrogen) atoms. The first kappa shape index (κ1) is 20.3. The number of hydrogen-bond donors (Lipinski definition) is 4. The predicted octanol–water partition coefficient (Wildman–Crippen LogP) is 0.749. The van der Waals surface area contributed by atoms with E-state index in [4.69, 9.17) is 23.0 Å². The number of rotatable bonds is 6. The van der Waals surface area contributed by atoms with Gasteiger partial charge in [-0.05, 0) is 36.4 Å². The fourth-order valence-electron chi connectivity index (χ4n) is 2.90. The van der Waals surface area contributed by atoms with Crippen LogP contribution in [0.3, 0.4) is 0 Å². The van der Waals surface area contributed by atoms with Crippen LogP contribution in [0, 0.1) is 12.5 Å². The molecule has 150 valence electrons. The van der Waals surface area contributed by atoms with Gasteiger partial charge in [-0.15, -0.1) is 0 Å². The third-order valence-electron chi connectivity index (χ3n) is 4.41. The second-order valence-corrected chi connectivity index (χ2v) is 6.32. The summed E-state index contributed by atoms with van der Waals surface area (Å²) in [6.07, 6.45) is -3.07. The number of nitrogens with two attached hydrogens (primary N) is 1. The maximum Gasteiger partial charge on any atom is 0.259 e. The maximum absolute atomic E-state index is 12.8. The summed E-state index contributed by atoms with van der Waals surface area (Å²) in [6, 6.07) is 12.7. The molecular formula is C20H20N4O5. The molecule has 0 unspecified atom stereocenters. The van der Waals surface area contributed by atoms with Crippen LogP contribution in [0.5, 0.6) is 5.75 Å². The van der Waals surface area contributed by atoms with Gasteiger partial charge in [-0.25, -0.2) is 0 Å². The Labute approximate surface area is 167 Å². The Morgan fingerprint density at radius 1 is 1.34 bits per heavy atom. The fraction of sp³-hybridized carbons (Fsp3) is 0.200. The summed E-state index contributed by atoms with van der Waals surface area (Å²) < 4.78 is 10.0. The normalized spacial score (nSPS) is 17.5. The van der Waals surface area contributed by atoms with Gasteiger partial charge in [0.05, 0.1) is 6.61 Å². The van der Waals surface area contributed by atoms with Crippen molar-refractivity contribution in [3.8, 4) is 5.75 Å². The Bertz CT molecular complexity index is 915. The minimum atomic E-state index is -1.72. The first-order valence-corrected chi connectivity index (χ1v) is 8.74. The molecule has 1 aliphatic rings. The summed E-state index contributed by atoms with van der Waals surface area (Å²) in [6.45, 7) is 0.395. The molecule has 0 spiro atoms. The summed E-state index contributed by atoms with van der Waals surface area (Å²) in [5.41, 5.74) is 6.78. The van der Waals surface area contributed by atoms with Crippen LogP contribution < -0.4 is 20.7 Å². The van der Waals surface area contributed by atoms with Crippen molar-refractivity contribution >= 4 is 29.0 Å². The number of morpholine rings is 1. The van der Waals surface area contributed by atoms with Gasteiger partial charge in [0.1, 0.15) is 11.6 Å². The SMILES string of the molecule is [CH]Oc1cccc(N2CCO[C@H]([C@@H](O)C(=O)Nc3ccc(C(=N)N)cc3)C2=O)c1. The van der Waals surface area contributed by atoms with Gasteiger partial charge in [0.15, 0.2) is 19.3 Å². The van der Waals surface area contributed by atoms with E-state index in [-0.39, 0.29) is 19.0 Å². The second-order valence-electron chi connectivity index (χ2n) is 6.32. The van der Waals surface area contributed by atoms with Gasteiger partial charge >= 0.3 is 0 Å². The quantitative estimate of drug-likeness (QED) is 0.420. The highest BCUT2D eigenvalue weighted by Crippen LogP contribution is 2.25. The van der Waals surface area contributed by atoms with Crippen molar-refractivity contribution in [1.29, 1.82) is 5.41 Å². The number of hydrogen-bond acceptors (Lipinski definition) is 6. The highest BCUT2D eigenvalue weighted by molar-refractivity contribution is 6.04. The number of amidine groups is 1. The van der Waals surface area contributed by atoms with Gasteiger partial charge < -0.3 is 30.5 Å². The van der Waals surface area contributed by atoms with E-state index in [0.717, 1.165) is 0 Å². The molecule has 9 heteroatoms. The Balaban J connectivity index is 1.70. The lowest BCUT2D eigenvalue weighted by Crippen LogP contribution is -2.55. The molecule has 1 fully saturated rings. The van der Waals surface area contributed by atoms with E-state index in [1.54, 1.807) is 36.4 Å². The van der Waals surface area contributed by atoms with Crippen LogP contribution in [-0.2, 0) is 14.3 Å². The number of nitrogens with one attached hydrogen (secondary N) is 2. The van der Waals surface area contributed by atoms with Crippen molar-refractivity contribution < 1.29 is 24.2 Å². The highest BCUT2D eigenvalue weighted by atomic mass is 16.5. The van der Waals surface area contributed by atoms with Crippen molar-refractivity contribution in [1.82, 2.24) is 0 Å². The zero-order chi connectivity index (χ0) is 21.0. The Morgan fingerprint density at radius 2 is 2.07 bits per heavy atom. The van der Waals surface area contributed by atoms with Crippen molar-refractivity contribution in [2.45, 2.75) is 12.2 Å². The number of amides is 2. The number of aliphatic hydroxyl groups excluding tert-OH is 1. The average Bonchev–Trinajstić information content (AvgIpc) is 2.73. The third kappa shape index (κ3) is 4.53. The molecule has 0 aliphatic carbocycles. The van der Waals surface area contributed by atoms with E-state index in [1.165, 1.54) is 17.0 Å². The van der Waals surface area contributed by atoms with Crippen LogP contribution in [0.2, 0.25) is 0 Å². The van der Waals surface area contributed by atoms with Crippen LogP contribution in [-0.4, -0.2) is 48.1 Å². The number of carbonyl (C=O) groups excluding carboxylic acids is 2. The average molecular weight is 396 g/mol. The van der Waals surface area contributed by atoms with Gasteiger partial charge in [-0.2, -0.15) is 0 Å². The number of aliphatic hydroxyl groups is 1. The van der Waals surface area contributed by atoms with Gasteiger partial charge in [0.2, 0.25) is 0 Å². The monoisotopic (exact) mass is 396 g/mol. The lowest BCUT2D eigenvalue weighted by atomic mass is 10.1. The van der Waals surface area contributed by atoms with Crippen LogP contribution >= 0.6 is 0 Å². The lowest BCUT2D eigenvalue weighted by molar-refractivity contribution is -0.150. The van der Waals surface area contributed by atoms with Gasteiger partial charge in [-0.1, -0.05) is 6.07 Å². The van der Waals surface area contributed by atoms with E-state index in [2.05, 4.69) is 10.1 Å². The zero-order valence-electron chi connectivity index (χ0n) is 15.4. The molecule has 2 aromatic rings. The number of ether oxygens (including phenoxy) is 2. The predicted molar refractivity (Wildman–Crippen MR) is 106 cm³/mol. The lowest BCUT2D eigenvalue weighted by Gasteiger charge is -2.34. The van der Waals surface area contributed by atoms with Crippen molar-refractivity contribution in [3.63, 3.8) is 0 Å². The molecular weight excluding hydrogens is 376 g/mol. The van der Waals surface area contributed by atoms with E-state index < -0.39 is 24.0 Å². The molecule has 0 saturated carbocycles. The molecule has 9 nitrogen and oxygen atoms in total. The number of carbonyl (C=O) groups is 2. The summed E-state index contributed by atoms with van der Waals surface area (Å²) >= 11 is 0. The fourth-order valence-corrected chi connectivity index (χ4v) is 2.90. The molecule has 1 saturated heterocycles. The molecule has 2 amide bonds. The Morgan fingerprint density at radius 3 is 2.72 bits per heavy atom. The van der Waals surface area contributed by atoms with Crippen LogP contribution in [0.25, 0.3) is 0 Å². The van der Waals surface area contributed by atoms with Crippen LogP contribution in [0.4, 0.5) is 11.4 Å². The number of nitrogens with zero attached hydrogens (tertiary/aromatic N) is 1. The van der Waals surface area contributed by atoms with Crippen molar-refractivity contribution in [3.05, 3.63) is 61.2 Å². The summed E-state index contributed by atoms with van der Waals surface area (Å²) in [4.78, 5) is 26.6. The van der Waals surface area contributed by atoms with Crippen LogP contribution in [0.1, 0.15) is 5.56 Å². The van der Waals surface area contributed by atoms with Gasteiger partial charge in [0.25, 0.3) is 11.8 Å². The van der Waals surface area contributed by atoms with Gasteiger partial charge in [0, 0.05) is 29.5 Å². The number of benzene rings is 2. The standard InChI is InChI=1S/C20H20N4O5/c1-28-15-4-2-3-14(11-15)24-9-10-29-17(20(24)27)16(25)19(26)23-13-7-5-12(6-8-13)18(21)22/h1-8,11,16-17,25H,9-10H2,(H3,21,22)(H,23,26)/t16-,17-/m1/s1. The Hall–Kier alpha value is -3.43. The summed E-state index contributed by atoms with van der Waals surface area (Å²) in [5.74, 6) is -1.08. The topological polar surface area (TPSA) is 138 Å². The van der Waals surface area contributed by atoms with E-state index in [0.29, 0.717) is 22.7 Å². The van der Waals surface area contributed by atoms with E-state index in [1.807, 2.05) is 0 Å². The van der Waals surface area contributed by atoms with Crippen molar-refractivity contribution in [2.24, 2.45) is 5.73 Å². The zero-order valence-corrected chi connectivity index (χ0v) is 15.4. The van der Waals surface area contributed by atoms with E-state index in [9.17, 15) is 14.7 Å². The van der Waals surface area contributed by atoms with Gasteiger partial charge in [-0.3, -0.25) is 15.0 Å². The first-order chi connectivity index (χ1) is 13.9. The minimum Gasteiger partial charge on any atom is -0.482 e. The molecule has 0 bridgehead atoms. The minimum absolute atomic E-state index is 0.103. The molecule has 2 atom stereocenters. The molecule has 3 rings (SSSR count). The third-order valence-corrected chi connectivity index (χ3v) is 4.41. The van der Waals surface area contributed by atoms with Crippen LogP contribution in [0.15, 0.2) is 48.5 Å². The second kappa shape index (κ2) is 8.72. The Kier molecular flexibility index (Phi) is 6.10. The smallest absolute Gasteiger partial charge is 0.259 e. The number of anilines is 2. The molecule has 5 N–H and O–H groups in total. The summed E-state index contributed by atoms with van der Waals surface area (Å²) in [5, 5.41) is 20.3.